The Labute approximate surface area is 104 Å². The SMILES string of the molecule is O=C(O)c1cc2c(s1)-c1c(F)cc(F)cc1OC2. The van der Waals surface area contributed by atoms with Crippen molar-refractivity contribution in [2.24, 2.45) is 0 Å². The summed E-state index contributed by atoms with van der Waals surface area (Å²) in [4.78, 5) is 11.5. The Kier molecular flexibility index (Phi) is 2.34. The number of thiophene rings is 1. The molecule has 1 aliphatic rings. The third-order valence-corrected chi connectivity index (χ3v) is 3.83. The number of carboxylic acid groups (broad SMARTS) is 1. The number of hydrogen-bond acceptors (Lipinski definition) is 3. The molecule has 1 N–H and O–H groups in total. The Hall–Kier alpha value is -1.95. The van der Waals surface area contributed by atoms with Crippen molar-refractivity contribution in [3.63, 3.8) is 0 Å². The van der Waals surface area contributed by atoms with Gasteiger partial charge in [0.2, 0.25) is 0 Å². The van der Waals surface area contributed by atoms with E-state index in [1.807, 2.05) is 0 Å². The summed E-state index contributed by atoms with van der Waals surface area (Å²) >= 11 is 0.964. The van der Waals surface area contributed by atoms with E-state index in [4.69, 9.17) is 9.84 Å². The molecule has 92 valence electrons. The maximum Gasteiger partial charge on any atom is 0.345 e. The smallest absolute Gasteiger partial charge is 0.345 e. The summed E-state index contributed by atoms with van der Waals surface area (Å²) in [5, 5.41) is 8.91. The van der Waals surface area contributed by atoms with Crippen LogP contribution >= 0.6 is 11.3 Å². The molecular weight excluding hydrogens is 262 g/mol. The fraction of sp³-hybridized carbons (Fsp3) is 0.0833. The van der Waals surface area contributed by atoms with Crippen molar-refractivity contribution >= 4 is 17.3 Å². The van der Waals surface area contributed by atoms with E-state index in [1.54, 1.807) is 0 Å². The van der Waals surface area contributed by atoms with Gasteiger partial charge in [-0.3, -0.25) is 0 Å². The lowest BCUT2D eigenvalue weighted by molar-refractivity contribution is 0.0702. The van der Waals surface area contributed by atoms with Gasteiger partial charge in [0.15, 0.2) is 0 Å². The van der Waals surface area contributed by atoms with Gasteiger partial charge in [-0.15, -0.1) is 11.3 Å². The van der Waals surface area contributed by atoms with Gasteiger partial charge in [0.1, 0.15) is 28.9 Å². The molecule has 1 aliphatic heterocycles. The summed E-state index contributed by atoms with van der Waals surface area (Å²) in [6.07, 6.45) is 0. The van der Waals surface area contributed by atoms with Crippen molar-refractivity contribution in [2.45, 2.75) is 6.61 Å². The molecule has 1 aromatic heterocycles. The van der Waals surface area contributed by atoms with E-state index in [1.165, 1.54) is 6.07 Å². The zero-order chi connectivity index (χ0) is 12.9. The summed E-state index contributed by atoms with van der Waals surface area (Å²) in [5.41, 5.74) is 0.741. The lowest BCUT2D eigenvalue weighted by Gasteiger charge is -2.17. The number of carboxylic acids is 1. The van der Waals surface area contributed by atoms with Crippen molar-refractivity contribution in [3.05, 3.63) is 40.3 Å². The molecule has 0 atom stereocenters. The summed E-state index contributed by atoms with van der Waals surface area (Å²) in [6, 6.07) is 3.31. The normalized spacial score (nSPS) is 12.6. The van der Waals surface area contributed by atoms with Crippen LogP contribution in [-0.4, -0.2) is 11.1 Å². The average molecular weight is 268 g/mol. The molecule has 2 aromatic rings. The highest BCUT2D eigenvalue weighted by Crippen LogP contribution is 2.44. The van der Waals surface area contributed by atoms with Crippen LogP contribution in [0.1, 0.15) is 15.2 Å². The molecule has 0 spiro atoms. The maximum absolute atomic E-state index is 13.8. The first kappa shape index (κ1) is 11.2. The summed E-state index contributed by atoms with van der Waals surface area (Å²) in [7, 11) is 0. The number of benzene rings is 1. The molecule has 0 saturated heterocycles. The first-order valence-corrected chi connectivity index (χ1v) is 5.86. The number of carbonyl (C=O) groups is 1. The van der Waals surface area contributed by atoms with Gasteiger partial charge in [0, 0.05) is 22.6 Å². The number of hydrogen-bond donors (Lipinski definition) is 1. The van der Waals surface area contributed by atoms with Gasteiger partial charge in [-0.25, -0.2) is 13.6 Å². The maximum atomic E-state index is 13.8. The fourth-order valence-electron chi connectivity index (χ4n) is 1.89. The van der Waals surface area contributed by atoms with Crippen LogP contribution in [0.25, 0.3) is 10.4 Å². The minimum absolute atomic E-state index is 0.110. The van der Waals surface area contributed by atoms with Crippen LogP contribution in [0.5, 0.6) is 5.75 Å². The van der Waals surface area contributed by atoms with Crippen molar-refractivity contribution in [3.8, 4) is 16.2 Å². The third kappa shape index (κ3) is 1.57. The topological polar surface area (TPSA) is 46.5 Å². The van der Waals surface area contributed by atoms with Gasteiger partial charge in [-0.2, -0.15) is 0 Å². The molecule has 2 heterocycles. The second-order valence-electron chi connectivity index (χ2n) is 3.82. The van der Waals surface area contributed by atoms with E-state index < -0.39 is 17.6 Å². The molecule has 0 saturated carbocycles. The second-order valence-corrected chi connectivity index (χ2v) is 4.87. The molecule has 0 radical (unpaired) electrons. The van der Waals surface area contributed by atoms with Crippen LogP contribution in [0.3, 0.4) is 0 Å². The Morgan fingerprint density at radius 1 is 1.33 bits per heavy atom. The number of fused-ring (bicyclic) bond motifs is 3. The minimum Gasteiger partial charge on any atom is -0.488 e. The molecule has 18 heavy (non-hydrogen) atoms. The lowest BCUT2D eigenvalue weighted by atomic mass is 10.1. The summed E-state index contributed by atoms with van der Waals surface area (Å²) in [5.74, 6) is -2.42. The number of halogens is 2. The standard InChI is InChI=1S/C12H6F2O3S/c13-6-2-7(14)10-8(3-6)17-4-5-1-9(12(15)16)18-11(5)10/h1-3H,4H2,(H,15,16). The molecule has 0 amide bonds. The van der Waals surface area contributed by atoms with Gasteiger partial charge >= 0.3 is 5.97 Å². The number of ether oxygens (including phenoxy) is 1. The third-order valence-electron chi connectivity index (χ3n) is 2.65. The summed E-state index contributed by atoms with van der Waals surface area (Å²) < 4.78 is 32.1. The predicted molar refractivity (Wildman–Crippen MR) is 61.0 cm³/mol. The van der Waals surface area contributed by atoms with Gasteiger partial charge in [-0.05, 0) is 6.07 Å². The molecular formula is C12H6F2O3S. The van der Waals surface area contributed by atoms with Crippen LogP contribution in [-0.2, 0) is 6.61 Å². The highest BCUT2D eigenvalue weighted by atomic mass is 32.1. The highest BCUT2D eigenvalue weighted by molar-refractivity contribution is 7.17. The average Bonchev–Trinajstić information content (AvgIpc) is 2.71. The second kappa shape index (κ2) is 3.78. The molecule has 0 bridgehead atoms. The predicted octanol–water partition coefficient (Wildman–Crippen LogP) is 3.28. The van der Waals surface area contributed by atoms with Crippen LogP contribution in [0.15, 0.2) is 18.2 Å². The highest BCUT2D eigenvalue weighted by Gasteiger charge is 2.26. The molecule has 3 rings (SSSR count). The van der Waals surface area contributed by atoms with Gasteiger partial charge in [0.05, 0.1) is 5.56 Å². The minimum atomic E-state index is -1.07. The van der Waals surface area contributed by atoms with Gasteiger partial charge in [0.25, 0.3) is 0 Å². The van der Waals surface area contributed by atoms with Crippen LogP contribution in [0.2, 0.25) is 0 Å². The van der Waals surface area contributed by atoms with E-state index in [-0.39, 0.29) is 22.8 Å². The van der Waals surface area contributed by atoms with E-state index in [0.717, 1.165) is 23.5 Å². The van der Waals surface area contributed by atoms with E-state index in [2.05, 4.69) is 0 Å². The molecule has 0 unspecified atom stereocenters. The van der Waals surface area contributed by atoms with Crippen LogP contribution in [0, 0.1) is 11.6 Å². The molecule has 6 heteroatoms. The van der Waals surface area contributed by atoms with Gasteiger partial charge in [-0.1, -0.05) is 0 Å². The summed E-state index contributed by atoms with van der Waals surface area (Å²) in [6.45, 7) is 0.120. The van der Waals surface area contributed by atoms with E-state index in [9.17, 15) is 13.6 Å². The largest absolute Gasteiger partial charge is 0.488 e. The molecule has 3 nitrogen and oxygen atoms in total. The molecule has 1 aromatic carbocycles. The molecule has 0 aliphatic carbocycles. The molecule has 0 fully saturated rings. The number of aromatic carboxylic acids is 1. The Morgan fingerprint density at radius 3 is 2.83 bits per heavy atom. The van der Waals surface area contributed by atoms with Crippen molar-refractivity contribution < 1.29 is 23.4 Å². The first-order valence-electron chi connectivity index (χ1n) is 5.04. The van der Waals surface area contributed by atoms with Crippen LogP contribution < -0.4 is 4.74 Å². The fourth-order valence-corrected chi connectivity index (χ4v) is 2.95. The van der Waals surface area contributed by atoms with E-state index >= 15 is 0 Å². The monoisotopic (exact) mass is 268 g/mol. The zero-order valence-electron chi connectivity index (χ0n) is 8.87. The van der Waals surface area contributed by atoms with Gasteiger partial charge < -0.3 is 9.84 Å². The Morgan fingerprint density at radius 2 is 2.11 bits per heavy atom. The van der Waals surface area contributed by atoms with Crippen molar-refractivity contribution in [1.29, 1.82) is 0 Å². The Bertz CT molecular complexity index is 664. The lowest BCUT2D eigenvalue weighted by Crippen LogP contribution is -2.05. The number of rotatable bonds is 1. The first-order chi connectivity index (χ1) is 8.56. The van der Waals surface area contributed by atoms with Crippen molar-refractivity contribution in [2.75, 3.05) is 0 Å². The van der Waals surface area contributed by atoms with Crippen LogP contribution in [0.4, 0.5) is 8.78 Å². The zero-order valence-corrected chi connectivity index (χ0v) is 9.68. The van der Waals surface area contributed by atoms with Crippen molar-refractivity contribution in [1.82, 2.24) is 0 Å². The van der Waals surface area contributed by atoms with E-state index in [0.29, 0.717) is 10.4 Å². The Balaban J connectivity index is 2.25. The quantitative estimate of drug-likeness (QED) is 0.863.